The van der Waals surface area contributed by atoms with Crippen LogP contribution in [-0.4, -0.2) is 114 Å². The highest BCUT2D eigenvalue weighted by Crippen LogP contribution is 2.31. The molecule has 0 spiro atoms. The predicted molar refractivity (Wildman–Crippen MR) is 236 cm³/mol. The van der Waals surface area contributed by atoms with E-state index < -0.39 is 29.6 Å². The van der Waals surface area contributed by atoms with E-state index in [4.69, 9.17) is 4.74 Å². The average Bonchev–Trinajstić information content (AvgIpc) is 3.28. The molecule has 3 saturated heterocycles. The lowest BCUT2D eigenvalue weighted by Crippen LogP contribution is -2.53. The van der Waals surface area contributed by atoms with E-state index in [-0.39, 0.29) is 48.8 Å². The first-order valence-corrected chi connectivity index (χ1v) is 21.9. The number of aryl methyl sites for hydroxylation is 1. The molecule has 3 heterocycles. The zero-order valence-corrected chi connectivity index (χ0v) is 35.9. The van der Waals surface area contributed by atoms with Gasteiger partial charge in [0.15, 0.2) is 0 Å². The van der Waals surface area contributed by atoms with Gasteiger partial charge < -0.3 is 20.3 Å². The first-order chi connectivity index (χ1) is 30.5. The number of hydrogen-bond donors (Lipinski definition) is 3. The number of nitrogens with one attached hydrogen (secondary N) is 3. The Hall–Kier alpha value is -6.19. The van der Waals surface area contributed by atoms with Gasteiger partial charge >= 0.3 is 6.03 Å². The molecular formula is C48H56FN7O7. The highest BCUT2D eigenvalue weighted by Gasteiger charge is 2.35. The standard InChI is InChI=1S/C48H56FN7O7/c1-32-26-39(12-13-40(32)47(61)56(31-57)43-14-15-44(58)52-46(43)60)63-25-6-5-18-53-21-23-55(24-22-53)48(62)51-38-28-34(27-37(49)29-38)30-50-45(59)36-16-19-54(20-17-36)33(2)41-11-7-9-35-8-3-4-10-42(35)41/h3-4,7-13,26-29,31,33,36,43H,5-6,14-25,30H2,1-2H3,(H,50,59)(H,51,62)(H,52,58,60). The number of carbonyl (C=O) groups excluding carboxylic acids is 6. The fourth-order valence-electron chi connectivity index (χ4n) is 8.84. The third kappa shape index (κ3) is 11.3. The normalized spacial score (nSPS) is 18.1. The monoisotopic (exact) mass is 861 g/mol. The quantitative estimate of drug-likeness (QED) is 0.0764. The smallest absolute Gasteiger partial charge is 0.321 e. The minimum absolute atomic E-state index is 0.0395. The summed E-state index contributed by atoms with van der Waals surface area (Å²) in [5, 5.41) is 10.5. The average molecular weight is 862 g/mol. The summed E-state index contributed by atoms with van der Waals surface area (Å²) in [7, 11) is 0. The summed E-state index contributed by atoms with van der Waals surface area (Å²) in [6, 6.07) is 23.0. The number of amides is 7. The highest BCUT2D eigenvalue weighted by molar-refractivity contribution is 6.07. The lowest BCUT2D eigenvalue weighted by Gasteiger charge is -2.36. The Morgan fingerprint density at radius 3 is 2.43 bits per heavy atom. The molecule has 0 aromatic heterocycles. The molecule has 7 amide bonds. The summed E-state index contributed by atoms with van der Waals surface area (Å²) in [5.41, 5.74) is 3.06. The van der Waals surface area contributed by atoms with Gasteiger partial charge in [-0.3, -0.25) is 44.0 Å². The van der Waals surface area contributed by atoms with Crippen molar-refractivity contribution in [1.29, 1.82) is 0 Å². The first kappa shape index (κ1) is 44.9. The summed E-state index contributed by atoms with van der Waals surface area (Å²) in [4.78, 5) is 82.3. The fourth-order valence-corrected chi connectivity index (χ4v) is 8.84. The Morgan fingerprint density at radius 1 is 0.921 bits per heavy atom. The van der Waals surface area contributed by atoms with Crippen molar-refractivity contribution >= 4 is 52.5 Å². The van der Waals surface area contributed by atoms with Crippen LogP contribution in [0.25, 0.3) is 10.8 Å². The van der Waals surface area contributed by atoms with Crippen LogP contribution in [0.3, 0.4) is 0 Å². The molecule has 4 aromatic carbocycles. The number of fused-ring (bicyclic) bond motifs is 1. The second-order valence-corrected chi connectivity index (χ2v) is 16.7. The Balaban J connectivity index is 0.787. The number of anilines is 1. The van der Waals surface area contributed by atoms with Gasteiger partial charge in [0.1, 0.15) is 17.6 Å². The second kappa shape index (κ2) is 20.8. The number of imide groups is 2. The molecule has 0 bridgehead atoms. The maximum atomic E-state index is 14.7. The Morgan fingerprint density at radius 2 is 1.68 bits per heavy atom. The third-order valence-electron chi connectivity index (χ3n) is 12.5. The zero-order valence-electron chi connectivity index (χ0n) is 35.9. The van der Waals surface area contributed by atoms with E-state index in [9.17, 15) is 33.2 Å². The van der Waals surface area contributed by atoms with Crippen LogP contribution in [0.2, 0.25) is 0 Å². The van der Waals surface area contributed by atoms with E-state index in [0.29, 0.717) is 61.8 Å². The molecule has 3 N–H and O–H groups in total. The van der Waals surface area contributed by atoms with Crippen molar-refractivity contribution in [2.45, 2.75) is 71.0 Å². The molecule has 15 heteroatoms. The van der Waals surface area contributed by atoms with Crippen molar-refractivity contribution in [3.8, 4) is 5.75 Å². The molecular weight excluding hydrogens is 806 g/mol. The molecule has 0 saturated carbocycles. The highest BCUT2D eigenvalue weighted by atomic mass is 19.1. The second-order valence-electron chi connectivity index (χ2n) is 16.7. The number of halogens is 1. The fraction of sp³-hybridized carbons (Fsp3) is 0.417. The van der Waals surface area contributed by atoms with E-state index in [0.717, 1.165) is 50.2 Å². The van der Waals surface area contributed by atoms with Gasteiger partial charge in [0.25, 0.3) is 5.91 Å². The summed E-state index contributed by atoms with van der Waals surface area (Å²) in [6.07, 6.45) is 3.60. The van der Waals surface area contributed by atoms with Crippen molar-refractivity contribution in [3.05, 3.63) is 107 Å². The van der Waals surface area contributed by atoms with Crippen LogP contribution in [0.4, 0.5) is 14.9 Å². The third-order valence-corrected chi connectivity index (χ3v) is 12.5. The predicted octanol–water partition coefficient (Wildman–Crippen LogP) is 5.79. The molecule has 3 fully saturated rings. The van der Waals surface area contributed by atoms with Crippen LogP contribution >= 0.6 is 0 Å². The lowest BCUT2D eigenvalue weighted by atomic mass is 9.92. The molecule has 3 aliphatic rings. The number of unbranched alkanes of at least 4 members (excludes halogenated alkanes) is 1. The van der Waals surface area contributed by atoms with Crippen LogP contribution in [0.15, 0.2) is 78.9 Å². The van der Waals surface area contributed by atoms with Crippen molar-refractivity contribution in [2.24, 2.45) is 5.92 Å². The molecule has 14 nitrogen and oxygen atoms in total. The maximum absolute atomic E-state index is 14.7. The first-order valence-electron chi connectivity index (χ1n) is 21.9. The number of likely N-dealkylation sites (tertiary alicyclic amines) is 1. The van der Waals surface area contributed by atoms with Gasteiger partial charge in [-0.25, -0.2) is 9.18 Å². The number of hydrogen-bond acceptors (Lipinski definition) is 9. The van der Waals surface area contributed by atoms with Crippen molar-refractivity contribution in [1.82, 2.24) is 30.2 Å². The number of piperidine rings is 2. The molecule has 3 aliphatic heterocycles. The summed E-state index contributed by atoms with van der Waals surface area (Å²) in [6.45, 7) is 9.47. The van der Waals surface area contributed by atoms with Gasteiger partial charge in [-0.05, 0) is 129 Å². The summed E-state index contributed by atoms with van der Waals surface area (Å²) >= 11 is 0. The van der Waals surface area contributed by atoms with Crippen LogP contribution in [0.1, 0.15) is 78.5 Å². The lowest BCUT2D eigenvalue weighted by molar-refractivity contribution is -0.139. The molecule has 2 atom stereocenters. The molecule has 2 unspecified atom stereocenters. The topological polar surface area (TPSA) is 161 Å². The number of nitrogens with zero attached hydrogens (tertiary/aromatic N) is 4. The number of urea groups is 1. The Bertz CT molecular complexity index is 2320. The molecule has 332 valence electrons. The van der Waals surface area contributed by atoms with Gasteiger partial charge in [-0.15, -0.1) is 0 Å². The zero-order chi connectivity index (χ0) is 44.5. The van der Waals surface area contributed by atoms with Crippen molar-refractivity contribution < 1.29 is 37.9 Å². The van der Waals surface area contributed by atoms with E-state index in [1.54, 1.807) is 36.1 Å². The largest absolute Gasteiger partial charge is 0.494 e. The van der Waals surface area contributed by atoms with Crippen molar-refractivity contribution in [3.63, 3.8) is 0 Å². The number of piperazine rings is 1. The molecule has 0 radical (unpaired) electrons. The molecule has 0 aliphatic carbocycles. The van der Waals surface area contributed by atoms with Gasteiger partial charge in [0.2, 0.25) is 24.1 Å². The van der Waals surface area contributed by atoms with Gasteiger partial charge in [-0.1, -0.05) is 42.5 Å². The van der Waals surface area contributed by atoms with Gasteiger partial charge in [0.05, 0.1) is 6.61 Å². The van der Waals surface area contributed by atoms with E-state index in [1.807, 2.05) is 0 Å². The van der Waals surface area contributed by atoms with Crippen LogP contribution in [-0.2, 0) is 25.7 Å². The summed E-state index contributed by atoms with van der Waals surface area (Å²) in [5.74, 6) is -1.79. The number of benzene rings is 4. The number of rotatable bonds is 15. The van der Waals surface area contributed by atoms with Gasteiger partial charge in [-0.2, -0.15) is 0 Å². The maximum Gasteiger partial charge on any atom is 0.321 e. The van der Waals surface area contributed by atoms with Crippen LogP contribution in [0.5, 0.6) is 5.75 Å². The Labute approximate surface area is 367 Å². The van der Waals surface area contributed by atoms with E-state index in [2.05, 4.69) is 75.1 Å². The molecule has 63 heavy (non-hydrogen) atoms. The minimum Gasteiger partial charge on any atom is -0.494 e. The van der Waals surface area contributed by atoms with E-state index in [1.165, 1.54) is 28.5 Å². The van der Waals surface area contributed by atoms with Gasteiger partial charge in [0, 0.05) is 62.4 Å². The molecule has 7 rings (SSSR count). The van der Waals surface area contributed by atoms with Crippen LogP contribution < -0.4 is 20.7 Å². The van der Waals surface area contributed by atoms with Crippen LogP contribution in [0, 0.1) is 18.7 Å². The molecule has 4 aromatic rings. The Kier molecular flexibility index (Phi) is 14.8. The number of ether oxygens (including phenoxy) is 1. The number of carbonyl (C=O) groups is 6. The SMILES string of the molecule is Cc1cc(OCCCCN2CCN(C(=O)Nc3cc(F)cc(CNC(=O)C4CCN(C(C)c5cccc6ccccc56)CC4)c3)CC2)ccc1C(=O)N(C=O)C1CCC(=O)NC1=O. The van der Waals surface area contributed by atoms with Crippen molar-refractivity contribution in [2.75, 3.05) is 57.7 Å². The minimum atomic E-state index is -1.04. The summed E-state index contributed by atoms with van der Waals surface area (Å²) < 4.78 is 20.6. The van der Waals surface area contributed by atoms with E-state index >= 15 is 0 Å².